The summed E-state index contributed by atoms with van der Waals surface area (Å²) in [6.45, 7) is 12.2. The molecule has 0 N–H and O–H groups in total. The highest BCUT2D eigenvalue weighted by atomic mass is 16.8. The van der Waals surface area contributed by atoms with Crippen molar-refractivity contribution in [3.63, 3.8) is 0 Å². The second-order valence-electron chi connectivity index (χ2n) is 13.7. The fraction of sp³-hybridized carbons (Fsp3) is 0.656. The van der Waals surface area contributed by atoms with Crippen LogP contribution in [0.5, 0.6) is 0 Å². The molecule has 5 fully saturated rings. The molecule has 1 aromatic rings. The van der Waals surface area contributed by atoms with E-state index < -0.39 is 87.9 Å². The number of hydrogen-bond donors (Lipinski definition) is 0. The topological polar surface area (TPSA) is 132 Å². The van der Waals surface area contributed by atoms with Gasteiger partial charge in [-0.15, -0.1) is 0 Å². The van der Waals surface area contributed by atoms with E-state index in [-0.39, 0.29) is 23.9 Å². The van der Waals surface area contributed by atoms with Gasteiger partial charge in [-0.2, -0.15) is 0 Å². The lowest BCUT2D eigenvalue weighted by molar-refractivity contribution is -0.343. The van der Waals surface area contributed by atoms with Gasteiger partial charge in [-0.1, -0.05) is 59.7 Å². The van der Waals surface area contributed by atoms with E-state index >= 15 is 0 Å². The minimum Gasteiger partial charge on any atom is -0.454 e. The van der Waals surface area contributed by atoms with Crippen LogP contribution in [0, 0.1) is 40.4 Å². The zero-order valence-electron chi connectivity index (χ0n) is 25.0. The second-order valence-corrected chi connectivity index (χ2v) is 13.7. The summed E-state index contributed by atoms with van der Waals surface area (Å²) in [5.41, 5.74) is -5.30. The zero-order chi connectivity index (χ0) is 30.6. The molecule has 2 heterocycles. The van der Waals surface area contributed by atoms with E-state index in [1.54, 1.807) is 37.3 Å². The molecule has 5 aliphatic rings. The Morgan fingerprint density at radius 1 is 0.976 bits per heavy atom. The van der Waals surface area contributed by atoms with Gasteiger partial charge in [-0.3, -0.25) is 14.4 Å². The number of ketones is 2. The molecule has 10 nitrogen and oxygen atoms in total. The van der Waals surface area contributed by atoms with Crippen LogP contribution >= 0.6 is 0 Å². The number of esters is 2. The maximum Gasteiger partial charge on any atom is 0.510 e. The molecule has 0 radical (unpaired) electrons. The van der Waals surface area contributed by atoms with Crippen LogP contribution in [0.2, 0.25) is 0 Å². The third-order valence-corrected chi connectivity index (χ3v) is 11.5. The summed E-state index contributed by atoms with van der Waals surface area (Å²) in [6, 6.07) is 8.32. The average Bonchev–Trinajstić information content (AvgIpc) is 3.30. The molecular weight excluding hydrogens is 544 g/mol. The van der Waals surface area contributed by atoms with Crippen molar-refractivity contribution in [3.8, 4) is 0 Å². The quantitative estimate of drug-likeness (QED) is 0.382. The molecule has 6 rings (SSSR count). The molecule has 1 aromatic carbocycles. The molecule has 11 atom stereocenters. The van der Waals surface area contributed by atoms with Crippen molar-refractivity contribution in [2.45, 2.75) is 84.4 Å². The Labute approximate surface area is 244 Å². The van der Waals surface area contributed by atoms with E-state index in [0.29, 0.717) is 6.42 Å². The molecule has 0 amide bonds. The van der Waals surface area contributed by atoms with Gasteiger partial charge >= 0.3 is 18.1 Å². The fourth-order valence-electron chi connectivity index (χ4n) is 9.58. The van der Waals surface area contributed by atoms with Crippen molar-refractivity contribution in [1.29, 1.82) is 0 Å². The highest BCUT2D eigenvalue weighted by Gasteiger charge is 2.83. The van der Waals surface area contributed by atoms with Crippen LogP contribution in [0.4, 0.5) is 4.79 Å². The molecular formula is C32H38O10. The summed E-state index contributed by atoms with van der Waals surface area (Å²) < 4.78 is 30.3. The van der Waals surface area contributed by atoms with Crippen molar-refractivity contribution in [3.05, 3.63) is 35.9 Å². The van der Waals surface area contributed by atoms with Gasteiger partial charge in [-0.05, 0) is 30.4 Å². The second kappa shape index (κ2) is 9.11. The minimum atomic E-state index is -1.83. The Kier molecular flexibility index (Phi) is 6.26. The van der Waals surface area contributed by atoms with Gasteiger partial charge in [0.05, 0.1) is 18.1 Å². The summed E-state index contributed by atoms with van der Waals surface area (Å²) in [5, 5.41) is 0. The van der Waals surface area contributed by atoms with Crippen LogP contribution in [0.15, 0.2) is 30.3 Å². The highest BCUT2D eigenvalue weighted by Crippen LogP contribution is 2.68. The summed E-state index contributed by atoms with van der Waals surface area (Å²) in [4.78, 5) is 68.7. The van der Waals surface area contributed by atoms with E-state index in [1.165, 1.54) is 6.92 Å². The molecule has 2 saturated heterocycles. The number of rotatable bonds is 3. The maximum absolute atomic E-state index is 14.9. The molecule has 3 saturated carbocycles. The van der Waals surface area contributed by atoms with Crippen LogP contribution in [0.3, 0.4) is 0 Å². The third-order valence-electron chi connectivity index (χ3n) is 11.5. The molecule has 2 bridgehead atoms. The van der Waals surface area contributed by atoms with Crippen molar-refractivity contribution in [1.82, 2.24) is 0 Å². The van der Waals surface area contributed by atoms with E-state index in [4.69, 9.17) is 23.7 Å². The van der Waals surface area contributed by atoms with Gasteiger partial charge in [0.15, 0.2) is 17.5 Å². The maximum atomic E-state index is 14.9. The predicted molar refractivity (Wildman–Crippen MR) is 145 cm³/mol. The standard InChI is InChI=1S/C32H38O10/c1-15-13-20-31(14-38-20,41-18(4)33)23-26(39-27(36)19-11-9-8-10-12-19)32-25(40-28(37)42-32)22(34)16(2)21(29(32,5)6)17(3)24(35)30(15,23)7/h8-12,15-17,20-21,23,25-26H,13-14H2,1-7H3/t15-,16?,17+,20?,21?,23-,25-,26-,30+,31-,32+/m0/s1. The number of Topliss-reactive ketones (excluding diaryl/α,β-unsaturated/α-hetero) is 2. The first-order valence-electron chi connectivity index (χ1n) is 14.7. The summed E-state index contributed by atoms with van der Waals surface area (Å²) in [7, 11) is 0. The monoisotopic (exact) mass is 582 g/mol. The molecule has 0 aromatic heterocycles. The molecule has 2 aliphatic heterocycles. The van der Waals surface area contributed by atoms with Gasteiger partial charge in [0, 0.05) is 29.6 Å². The molecule has 3 aliphatic carbocycles. The van der Waals surface area contributed by atoms with Crippen LogP contribution < -0.4 is 0 Å². The van der Waals surface area contributed by atoms with E-state index in [1.807, 2.05) is 34.6 Å². The Balaban J connectivity index is 1.68. The van der Waals surface area contributed by atoms with E-state index in [2.05, 4.69) is 0 Å². The van der Waals surface area contributed by atoms with E-state index in [0.717, 1.165) is 0 Å². The lowest BCUT2D eigenvalue weighted by atomic mass is 9.40. The SMILES string of the molecule is CC(=O)O[C@@]12COC1C[C@H](C)[C@@]1(C)C(=O)[C@H](C)C3C(C)C(=O)[C@@H]4OC(=O)O[C@]4([C@@H](OC(=O)c4ccccc4)[C@@H]12)C3(C)C. The van der Waals surface area contributed by atoms with Crippen LogP contribution in [-0.4, -0.2) is 65.8 Å². The Bertz CT molecular complexity index is 1370. The van der Waals surface area contributed by atoms with Gasteiger partial charge in [0.2, 0.25) is 11.7 Å². The number of carbonyl (C=O) groups excluding carboxylic acids is 5. The summed E-state index contributed by atoms with van der Waals surface area (Å²) in [6.07, 6.45) is -4.04. The van der Waals surface area contributed by atoms with Gasteiger partial charge in [0.1, 0.15) is 11.9 Å². The van der Waals surface area contributed by atoms with Crippen LogP contribution in [-0.2, 0) is 38.1 Å². The smallest absolute Gasteiger partial charge is 0.454 e. The molecule has 10 heteroatoms. The number of ether oxygens (including phenoxy) is 5. The number of carbonyl (C=O) groups is 5. The zero-order valence-corrected chi connectivity index (χ0v) is 25.0. The lowest BCUT2D eigenvalue weighted by Gasteiger charge is -2.68. The van der Waals surface area contributed by atoms with Crippen molar-refractivity contribution in [2.75, 3.05) is 6.61 Å². The minimum absolute atomic E-state index is 0.0466. The highest BCUT2D eigenvalue weighted by molar-refractivity contribution is 5.95. The largest absolute Gasteiger partial charge is 0.510 e. The normalized spacial score (nSPS) is 45.0. The molecule has 1 spiro atoms. The summed E-state index contributed by atoms with van der Waals surface area (Å²) >= 11 is 0. The first-order valence-corrected chi connectivity index (χ1v) is 14.7. The summed E-state index contributed by atoms with van der Waals surface area (Å²) in [5.74, 6) is -5.05. The molecule has 226 valence electrons. The average molecular weight is 583 g/mol. The Hall–Kier alpha value is -3.27. The predicted octanol–water partition coefficient (Wildman–Crippen LogP) is 3.93. The third kappa shape index (κ3) is 3.38. The first kappa shape index (κ1) is 28.8. The lowest BCUT2D eigenvalue weighted by Crippen LogP contribution is -2.83. The van der Waals surface area contributed by atoms with Crippen molar-refractivity contribution >= 4 is 29.7 Å². The first-order chi connectivity index (χ1) is 19.6. The Morgan fingerprint density at radius 2 is 1.64 bits per heavy atom. The van der Waals surface area contributed by atoms with Crippen LogP contribution in [0.1, 0.15) is 65.2 Å². The van der Waals surface area contributed by atoms with Gasteiger partial charge in [-0.25, -0.2) is 9.59 Å². The van der Waals surface area contributed by atoms with Crippen molar-refractivity contribution in [2.24, 2.45) is 40.4 Å². The van der Waals surface area contributed by atoms with Gasteiger partial charge < -0.3 is 23.7 Å². The fourth-order valence-corrected chi connectivity index (χ4v) is 9.58. The molecule has 3 unspecified atom stereocenters. The number of benzene rings is 1. The number of fused-ring (bicyclic) bond motifs is 4. The number of hydrogen-bond acceptors (Lipinski definition) is 10. The van der Waals surface area contributed by atoms with Gasteiger partial charge in [0.25, 0.3) is 0 Å². The van der Waals surface area contributed by atoms with Crippen molar-refractivity contribution < 1.29 is 47.7 Å². The Morgan fingerprint density at radius 3 is 2.24 bits per heavy atom. The molecule has 42 heavy (non-hydrogen) atoms. The van der Waals surface area contributed by atoms with E-state index in [9.17, 15) is 24.0 Å². The van der Waals surface area contributed by atoms with Crippen LogP contribution in [0.25, 0.3) is 0 Å².